The van der Waals surface area contributed by atoms with Crippen molar-refractivity contribution in [3.63, 3.8) is 0 Å². The quantitative estimate of drug-likeness (QED) is 0.238. The minimum atomic E-state index is -0.217. The van der Waals surface area contributed by atoms with Crippen molar-refractivity contribution in [2.75, 3.05) is 0 Å². The summed E-state index contributed by atoms with van der Waals surface area (Å²) >= 11 is 6.15. The van der Waals surface area contributed by atoms with Crippen molar-refractivity contribution in [3.05, 3.63) is 125 Å². The topological polar surface area (TPSA) is 26.5 Å². The molecule has 0 saturated heterocycles. The maximum Gasteiger partial charge on any atom is 0.146 e. The zero-order chi connectivity index (χ0) is 22.6. The predicted octanol–water partition coefficient (Wildman–Crippen LogP) is 8.03. The molecule has 4 aromatic carbocycles. The molecule has 33 heavy (non-hydrogen) atoms. The van der Waals surface area contributed by atoms with Crippen molar-refractivity contribution in [2.45, 2.75) is 6.54 Å². The number of aliphatic imine (C=N–C) groups is 1. The Kier molecular flexibility index (Phi) is 5.92. The Morgan fingerprint density at radius 1 is 0.879 bits per heavy atom. The van der Waals surface area contributed by atoms with Crippen molar-refractivity contribution < 1.29 is 9.13 Å². The van der Waals surface area contributed by atoms with Gasteiger partial charge in [0.15, 0.2) is 0 Å². The van der Waals surface area contributed by atoms with Gasteiger partial charge in [-0.15, -0.1) is 0 Å². The first kappa shape index (κ1) is 21.0. The van der Waals surface area contributed by atoms with Crippen LogP contribution in [0.3, 0.4) is 0 Å². The lowest BCUT2D eigenvalue weighted by Gasteiger charge is -2.07. The standard InChI is InChI=1S/C28H20ClFN2O/c29-26-6-1-2-7-28(26)33-25-11-9-24(10-12-25)31-18-20-8-13-27-22(16-20)14-15-32(27)19-21-4-3-5-23(30)17-21/h1-18H,19H2. The van der Waals surface area contributed by atoms with Crippen LogP contribution in [0.5, 0.6) is 11.5 Å². The van der Waals surface area contributed by atoms with E-state index in [-0.39, 0.29) is 5.82 Å². The number of ether oxygens (including phenoxy) is 1. The van der Waals surface area contributed by atoms with Crippen LogP contribution in [0.2, 0.25) is 5.02 Å². The number of nitrogens with zero attached hydrogens (tertiary/aromatic N) is 2. The van der Waals surface area contributed by atoms with Crippen LogP contribution in [0, 0.1) is 5.82 Å². The summed E-state index contributed by atoms with van der Waals surface area (Å²) in [6, 6.07) is 29.8. The van der Waals surface area contributed by atoms with E-state index < -0.39 is 0 Å². The average molecular weight is 455 g/mol. The molecule has 0 amide bonds. The Morgan fingerprint density at radius 2 is 1.73 bits per heavy atom. The van der Waals surface area contributed by atoms with E-state index in [9.17, 15) is 4.39 Å². The summed E-state index contributed by atoms with van der Waals surface area (Å²) in [5.41, 5.74) is 3.85. The molecule has 1 heterocycles. The Balaban J connectivity index is 1.29. The summed E-state index contributed by atoms with van der Waals surface area (Å²) in [6.07, 6.45) is 3.86. The van der Waals surface area contributed by atoms with E-state index in [1.807, 2.05) is 67.0 Å². The monoisotopic (exact) mass is 454 g/mol. The summed E-state index contributed by atoms with van der Waals surface area (Å²) in [7, 11) is 0. The number of rotatable bonds is 6. The average Bonchev–Trinajstić information content (AvgIpc) is 3.22. The molecule has 3 nitrogen and oxygen atoms in total. The second kappa shape index (κ2) is 9.31. The maximum atomic E-state index is 13.5. The number of hydrogen-bond donors (Lipinski definition) is 0. The molecule has 0 aliphatic heterocycles. The fourth-order valence-electron chi connectivity index (χ4n) is 3.67. The van der Waals surface area contributed by atoms with Crippen LogP contribution in [-0.2, 0) is 6.54 Å². The van der Waals surface area contributed by atoms with E-state index in [2.05, 4.69) is 27.8 Å². The SMILES string of the molecule is Fc1cccc(Cn2ccc3cc(C=Nc4ccc(Oc5ccccc5Cl)cc4)ccc32)c1. The third kappa shape index (κ3) is 4.97. The number of fused-ring (bicyclic) bond motifs is 1. The van der Waals surface area contributed by atoms with Gasteiger partial charge in [0.1, 0.15) is 17.3 Å². The third-order valence-corrected chi connectivity index (χ3v) is 5.61. The van der Waals surface area contributed by atoms with Gasteiger partial charge in [-0.05, 0) is 77.9 Å². The molecule has 0 saturated carbocycles. The van der Waals surface area contributed by atoms with Crippen molar-refractivity contribution >= 4 is 34.4 Å². The number of halogens is 2. The molecule has 0 aliphatic carbocycles. The van der Waals surface area contributed by atoms with Gasteiger partial charge in [0.05, 0.1) is 10.7 Å². The van der Waals surface area contributed by atoms with Gasteiger partial charge >= 0.3 is 0 Å². The Labute approximate surface area is 196 Å². The number of benzene rings is 4. The lowest BCUT2D eigenvalue weighted by atomic mass is 10.1. The second-order valence-corrected chi connectivity index (χ2v) is 8.08. The molecule has 0 spiro atoms. The highest BCUT2D eigenvalue weighted by atomic mass is 35.5. The lowest BCUT2D eigenvalue weighted by molar-refractivity contribution is 0.483. The molecule has 0 N–H and O–H groups in total. The first-order valence-corrected chi connectivity index (χ1v) is 10.9. The number of hydrogen-bond acceptors (Lipinski definition) is 2. The second-order valence-electron chi connectivity index (χ2n) is 7.68. The van der Waals surface area contributed by atoms with Gasteiger partial charge in [0.2, 0.25) is 0 Å². The largest absolute Gasteiger partial charge is 0.456 e. The van der Waals surface area contributed by atoms with Crippen molar-refractivity contribution in [1.29, 1.82) is 0 Å². The van der Waals surface area contributed by atoms with Gasteiger partial charge in [0.25, 0.3) is 0 Å². The minimum Gasteiger partial charge on any atom is -0.456 e. The first-order valence-electron chi connectivity index (χ1n) is 10.5. The molecule has 5 heteroatoms. The van der Waals surface area contributed by atoms with Gasteiger partial charge in [-0.2, -0.15) is 0 Å². The minimum absolute atomic E-state index is 0.217. The molecular weight excluding hydrogens is 435 g/mol. The lowest BCUT2D eigenvalue weighted by Crippen LogP contribution is -1.98. The normalized spacial score (nSPS) is 11.3. The summed E-state index contributed by atoms with van der Waals surface area (Å²) in [5, 5.41) is 1.68. The highest BCUT2D eigenvalue weighted by Gasteiger charge is 2.04. The van der Waals surface area contributed by atoms with E-state index in [4.69, 9.17) is 16.3 Å². The number of para-hydroxylation sites is 1. The van der Waals surface area contributed by atoms with Crippen molar-refractivity contribution in [1.82, 2.24) is 4.57 Å². The number of aromatic nitrogens is 1. The van der Waals surface area contributed by atoms with Crippen molar-refractivity contribution in [3.8, 4) is 11.5 Å². The van der Waals surface area contributed by atoms with Crippen LogP contribution in [0.4, 0.5) is 10.1 Å². The van der Waals surface area contributed by atoms with E-state index >= 15 is 0 Å². The van der Waals surface area contributed by atoms with Crippen molar-refractivity contribution in [2.24, 2.45) is 4.99 Å². The van der Waals surface area contributed by atoms with Gasteiger partial charge in [-0.1, -0.05) is 41.9 Å². The van der Waals surface area contributed by atoms with Gasteiger partial charge in [-0.25, -0.2) is 4.39 Å². The first-order chi connectivity index (χ1) is 16.1. The zero-order valence-electron chi connectivity index (χ0n) is 17.7. The Hall–Kier alpha value is -3.89. The van der Waals surface area contributed by atoms with Crippen LogP contribution in [0.1, 0.15) is 11.1 Å². The molecule has 0 radical (unpaired) electrons. The summed E-state index contributed by atoms with van der Waals surface area (Å²) in [6.45, 7) is 0.622. The molecule has 5 aromatic rings. The fraction of sp³-hybridized carbons (Fsp3) is 0.0357. The van der Waals surface area contributed by atoms with Crippen LogP contribution < -0.4 is 4.74 Å². The fourth-order valence-corrected chi connectivity index (χ4v) is 3.85. The van der Waals surface area contributed by atoms with Crippen LogP contribution in [0.15, 0.2) is 108 Å². The summed E-state index contributed by atoms with van der Waals surface area (Å²) in [5.74, 6) is 1.10. The highest BCUT2D eigenvalue weighted by molar-refractivity contribution is 6.32. The molecule has 0 atom stereocenters. The smallest absolute Gasteiger partial charge is 0.146 e. The summed E-state index contributed by atoms with van der Waals surface area (Å²) in [4.78, 5) is 4.58. The summed E-state index contributed by atoms with van der Waals surface area (Å²) < 4.78 is 21.4. The maximum absolute atomic E-state index is 13.5. The molecule has 162 valence electrons. The molecule has 1 aromatic heterocycles. The molecule has 0 unspecified atom stereocenters. The van der Waals surface area contributed by atoms with Gasteiger partial charge in [0, 0.05) is 29.9 Å². The van der Waals surface area contributed by atoms with Crippen LogP contribution in [0.25, 0.3) is 10.9 Å². The van der Waals surface area contributed by atoms with E-state index in [0.717, 1.165) is 27.7 Å². The molecule has 0 fully saturated rings. The van der Waals surface area contributed by atoms with Crippen LogP contribution in [-0.4, -0.2) is 10.8 Å². The van der Waals surface area contributed by atoms with E-state index in [1.54, 1.807) is 18.2 Å². The Bertz CT molecular complexity index is 1440. The van der Waals surface area contributed by atoms with E-state index in [0.29, 0.717) is 23.1 Å². The van der Waals surface area contributed by atoms with Crippen LogP contribution >= 0.6 is 11.6 Å². The molecular formula is C28H20ClFN2O. The molecule has 0 bridgehead atoms. The zero-order valence-corrected chi connectivity index (χ0v) is 18.4. The predicted molar refractivity (Wildman–Crippen MR) is 133 cm³/mol. The molecule has 0 aliphatic rings. The van der Waals surface area contributed by atoms with Gasteiger partial charge in [-0.3, -0.25) is 4.99 Å². The molecule has 5 rings (SSSR count). The highest BCUT2D eigenvalue weighted by Crippen LogP contribution is 2.29. The third-order valence-electron chi connectivity index (χ3n) is 5.30. The van der Waals surface area contributed by atoms with Gasteiger partial charge < -0.3 is 9.30 Å². The Morgan fingerprint density at radius 3 is 2.55 bits per heavy atom. The van der Waals surface area contributed by atoms with E-state index in [1.165, 1.54) is 6.07 Å².